The quantitative estimate of drug-likeness (QED) is 0.186. The summed E-state index contributed by atoms with van der Waals surface area (Å²) >= 11 is 0. The van der Waals surface area contributed by atoms with Gasteiger partial charge in [-0.05, 0) is 94.5 Å². The molecule has 0 aliphatic carbocycles. The van der Waals surface area contributed by atoms with Crippen LogP contribution in [0.1, 0.15) is 84.0 Å². The monoisotopic (exact) mass is 510 g/mol. The van der Waals surface area contributed by atoms with E-state index in [4.69, 9.17) is 0 Å². The van der Waals surface area contributed by atoms with E-state index in [2.05, 4.69) is 24.3 Å². The van der Waals surface area contributed by atoms with E-state index in [9.17, 15) is 20.4 Å². The average molecular weight is 511 g/mol. The van der Waals surface area contributed by atoms with Gasteiger partial charge in [-0.3, -0.25) is 0 Å². The summed E-state index contributed by atoms with van der Waals surface area (Å²) < 4.78 is 0. The molecular weight excluding hydrogens is 472 g/mol. The number of hydrogen-bond acceptors (Lipinski definition) is 4. The van der Waals surface area contributed by atoms with Crippen molar-refractivity contribution in [1.82, 2.24) is 0 Å². The van der Waals surface area contributed by atoms with Gasteiger partial charge in [0.25, 0.3) is 0 Å². The third-order valence-corrected chi connectivity index (χ3v) is 7.71. The molecule has 38 heavy (non-hydrogen) atoms. The molecule has 0 atom stereocenters. The van der Waals surface area contributed by atoms with Crippen LogP contribution in [0.2, 0.25) is 0 Å². The smallest absolute Gasteiger partial charge is 0.118 e. The molecule has 0 heterocycles. The minimum absolute atomic E-state index is 0.157. The molecule has 0 aliphatic rings. The molecule has 4 aromatic carbocycles. The Kier molecular flexibility index (Phi) is 8.31. The lowest BCUT2D eigenvalue weighted by Gasteiger charge is -2.31. The fraction of sp³-hybridized carbons (Fsp3) is 0.294. The lowest BCUT2D eigenvalue weighted by molar-refractivity contribution is 0.466. The van der Waals surface area contributed by atoms with Gasteiger partial charge < -0.3 is 20.4 Å². The van der Waals surface area contributed by atoms with Gasteiger partial charge in [0.15, 0.2) is 0 Å². The molecule has 0 unspecified atom stereocenters. The molecule has 0 fully saturated rings. The van der Waals surface area contributed by atoms with Crippen LogP contribution in [0.4, 0.5) is 0 Å². The van der Waals surface area contributed by atoms with Gasteiger partial charge in [0.1, 0.15) is 23.0 Å². The molecule has 4 rings (SSSR count). The second-order valence-electron chi connectivity index (χ2n) is 9.92. The van der Waals surface area contributed by atoms with Gasteiger partial charge >= 0.3 is 0 Å². The van der Waals surface area contributed by atoms with Crippen molar-refractivity contribution in [3.8, 4) is 23.0 Å². The van der Waals surface area contributed by atoms with E-state index in [-0.39, 0.29) is 34.8 Å². The summed E-state index contributed by atoms with van der Waals surface area (Å²) in [5.41, 5.74) is 7.70. The van der Waals surface area contributed by atoms with Crippen molar-refractivity contribution < 1.29 is 20.4 Å². The molecule has 4 nitrogen and oxygen atoms in total. The van der Waals surface area contributed by atoms with Crippen LogP contribution < -0.4 is 0 Å². The number of aromatic hydroxyl groups is 4. The summed E-state index contributed by atoms with van der Waals surface area (Å²) in [6.45, 7) is 8.12. The number of benzene rings is 4. The molecule has 0 bridgehead atoms. The zero-order valence-electron chi connectivity index (χ0n) is 22.7. The minimum atomic E-state index is -0.157. The number of phenolic OH excluding ortho intramolecular Hbond substituents is 4. The fourth-order valence-corrected chi connectivity index (χ4v) is 5.48. The first-order chi connectivity index (χ1) is 18.3. The average Bonchev–Trinajstić information content (AvgIpc) is 2.93. The standard InChI is InChI=1S/C34H38O4/c1-5-21-17-25(9-13-29(21)35)33(26-10-14-30(36)22(6-2)18-26)34(27-11-15-31(37)23(7-3)19-27)28-12-16-32(38)24(8-4)20-28/h9-20,33-38H,5-8H2,1-4H3. The van der Waals surface area contributed by atoms with Crippen LogP contribution in [-0.2, 0) is 25.7 Å². The van der Waals surface area contributed by atoms with Crippen LogP contribution in [0, 0.1) is 0 Å². The Labute approximate surface area is 225 Å². The summed E-state index contributed by atoms with van der Waals surface area (Å²) in [7, 11) is 0. The van der Waals surface area contributed by atoms with Crippen LogP contribution in [0.3, 0.4) is 0 Å². The van der Waals surface area contributed by atoms with Gasteiger partial charge in [0, 0.05) is 11.8 Å². The highest BCUT2D eigenvalue weighted by atomic mass is 16.3. The van der Waals surface area contributed by atoms with E-state index < -0.39 is 0 Å². The Balaban J connectivity index is 2.06. The zero-order chi connectivity index (χ0) is 27.4. The van der Waals surface area contributed by atoms with Gasteiger partial charge in [-0.2, -0.15) is 0 Å². The second-order valence-corrected chi connectivity index (χ2v) is 9.92. The van der Waals surface area contributed by atoms with Crippen molar-refractivity contribution in [2.24, 2.45) is 0 Å². The largest absolute Gasteiger partial charge is 0.508 e. The third-order valence-electron chi connectivity index (χ3n) is 7.71. The minimum Gasteiger partial charge on any atom is -0.508 e. The summed E-state index contributed by atoms with van der Waals surface area (Å²) in [4.78, 5) is 0. The SMILES string of the molecule is CCc1cc(C(c2ccc(O)c(CC)c2)C(c2ccc(O)c(CC)c2)c2ccc(O)c(CC)c2)ccc1O. The maximum absolute atomic E-state index is 10.5. The van der Waals surface area contributed by atoms with Crippen LogP contribution in [0.5, 0.6) is 23.0 Å². The van der Waals surface area contributed by atoms with Crippen LogP contribution in [0.25, 0.3) is 0 Å². The Morgan fingerprint density at radius 3 is 0.789 bits per heavy atom. The molecule has 0 amide bonds. The molecule has 0 saturated carbocycles. The number of hydrogen-bond donors (Lipinski definition) is 4. The molecule has 198 valence electrons. The summed E-state index contributed by atoms with van der Waals surface area (Å²) in [6.07, 6.45) is 2.80. The molecule has 4 heteroatoms. The molecule has 0 radical (unpaired) electrons. The lowest BCUT2D eigenvalue weighted by atomic mass is 9.72. The van der Waals surface area contributed by atoms with Gasteiger partial charge in [0.2, 0.25) is 0 Å². The van der Waals surface area contributed by atoms with E-state index in [1.807, 2.05) is 52.0 Å². The molecule has 4 aromatic rings. The molecule has 0 saturated heterocycles. The van der Waals surface area contributed by atoms with E-state index in [1.54, 1.807) is 24.3 Å². The predicted octanol–water partition coefficient (Wildman–Crippen LogP) is 7.72. The summed E-state index contributed by atoms with van der Waals surface area (Å²) in [6, 6.07) is 23.3. The normalized spacial score (nSPS) is 11.4. The Bertz CT molecular complexity index is 1210. The van der Waals surface area contributed by atoms with Crippen molar-refractivity contribution in [2.75, 3.05) is 0 Å². The van der Waals surface area contributed by atoms with Gasteiger partial charge in [-0.15, -0.1) is 0 Å². The van der Waals surface area contributed by atoms with Crippen molar-refractivity contribution in [2.45, 2.75) is 65.2 Å². The summed E-state index contributed by atoms with van der Waals surface area (Å²) in [5, 5.41) is 42.0. The van der Waals surface area contributed by atoms with Crippen LogP contribution in [-0.4, -0.2) is 20.4 Å². The highest BCUT2D eigenvalue weighted by Crippen LogP contribution is 2.46. The molecular formula is C34H38O4. The van der Waals surface area contributed by atoms with Gasteiger partial charge in [-0.25, -0.2) is 0 Å². The first kappa shape index (κ1) is 27.1. The van der Waals surface area contributed by atoms with E-state index in [0.29, 0.717) is 25.7 Å². The van der Waals surface area contributed by atoms with Gasteiger partial charge in [-0.1, -0.05) is 76.2 Å². The Morgan fingerprint density at radius 1 is 0.395 bits per heavy atom. The van der Waals surface area contributed by atoms with Crippen molar-refractivity contribution in [3.63, 3.8) is 0 Å². The second kappa shape index (κ2) is 11.6. The number of phenols is 4. The van der Waals surface area contributed by atoms with Crippen molar-refractivity contribution in [1.29, 1.82) is 0 Å². The lowest BCUT2D eigenvalue weighted by Crippen LogP contribution is -2.16. The zero-order valence-corrected chi connectivity index (χ0v) is 22.7. The van der Waals surface area contributed by atoms with Crippen molar-refractivity contribution in [3.05, 3.63) is 117 Å². The van der Waals surface area contributed by atoms with Crippen LogP contribution >= 0.6 is 0 Å². The highest BCUT2D eigenvalue weighted by Gasteiger charge is 2.30. The summed E-state index contributed by atoms with van der Waals surface area (Å²) in [5.74, 6) is 0.805. The van der Waals surface area contributed by atoms with E-state index >= 15 is 0 Å². The van der Waals surface area contributed by atoms with E-state index in [0.717, 1.165) is 44.5 Å². The maximum Gasteiger partial charge on any atom is 0.118 e. The highest BCUT2D eigenvalue weighted by molar-refractivity contribution is 5.52. The number of aryl methyl sites for hydroxylation is 4. The Morgan fingerprint density at radius 2 is 0.605 bits per heavy atom. The van der Waals surface area contributed by atoms with Crippen molar-refractivity contribution >= 4 is 0 Å². The first-order valence-electron chi connectivity index (χ1n) is 13.6. The molecule has 0 aromatic heterocycles. The first-order valence-corrected chi connectivity index (χ1v) is 13.6. The molecule has 0 aliphatic heterocycles. The van der Waals surface area contributed by atoms with E-state index in [1.165, 1.54) is 0 Å². The third kappa shape index (κ3) is 5.35. The number of rotatable bonds is 9. The Hall–Kier alpha value is -3.92. The molecule has 0 spiro atoms. The topological polar surface area (TPSA) is 80.9 Å². The molecule has 4 N–H and O–H groups in total. The predicted molar refractivity (Wildman–Crippen MR) is 154 cm³/mol. The fourth-order valence-electron chi connectivity index (χ4n) is 5.48. The van der Waals surface area contributed by atoms with Crippen LogP contribution in [0.15, 0.2) is 72.8 Å². The maximum atomic E-state index is 10.5. The van der Waals surface area contributed by atoms with Gasteiger partial charge in [0.05, 0.1) is 0 Å².